The molecule has 1 saturated carbocycles. The topological polar surface area (TPSA) is 117 Å². The second-order valence-electron chi connectivity index (χ2n) is 3.43. The number of hydrogen-bond acceptors (Lipinski definition) is 5. The maximum atomic E-state index is 11.3. The quantitative estimate of drug-likeness (QED) is 0.578. The Kier molecular flexibility index (Phi) is 2.82. The van der Waals surface area contributed by atoms with Gasteiger partial charge in [-0.25, -0.2) is 15.3 Å². The highest BCUT2D eigenvalue weighted by atomic mass is 16.7. The fourth-order valence-corrected chi connectivity index (χ4v) is 1.12. The fraction of sp³-hybridized carbons (Fsp3) is 0.500. The molecule has 86 valence electrons. The molecule has 16 heavy (non-hydrogen) atoms. The highest BCUT2D eigenvalue weighted by Crippen LogP contribution is 2.37. The van der Waals surface area contributed by atoms with Crippen molar-refractivity contribution in [2.24, 2.45) is 0 Å². The molecule has 0 aromatic carbocycles. The van der Waals surface area contributed by atoms with Gasteiger partial charge in [0, 0.05) is 5.92 Å². The molecule has 1 amide bonds. The summed E-state index contributed by atoms with van der Waals surface area (Å²) < 4.78 is 0. The Hall–Kier alpha value is -1.96. The summed E-state index contributed by atoms with van der Waals surface area (Å²) in [5, 5.41) is 14.6. The molecule has 0 unspecified atom stereocenters. The van der Waals surface area contributed by atoms with E-state index in [0.29, 0.717) is 11.7 Å². The van der Waals surface area contributed by atoms with Gasteiger partial charge in [0.1, 0.15) is 5.82 Å². The first kappa shape index (κ1) is 10.6. The van der Waals surface area contributed by atoms with Crippen LogP contribution in [0, 0.1) is 0 Å². The van der Waals surface area contributed by atoms with Gasteiger partial charge in [0.2, 0.25) is 5.82 Å². The lowest BCUT2D eigenvalue weighted by atomic mass is 10.4. The lowest BCUT2D eigenvalue weighted by molar-refractivity contribution is -0.144. The van der Waals surface area contributed by atoms with Crippen molar-refractivity contribution in [2.45, 2.75) is 18.8 Å². The number of nitrogens with one attached hydrogen (secondary N) is 2. The number of H-pyrrole nitrogens is 1. The van der Waals surface area contributed by atoms with Gasteiger partial charge in [-0.3, -0.25) is 14.7 Å². The summed E-state index contributed by atoms with van der Waals surface area (Å²) in [6, 6.07) is 0. The summed E-state index contributed by atoms with van der Waals surface area (Å²) in [5.41, 5.74) is 1.94. The Morgan fingerprint density at radius 3 is 2.94 bits per heavy atom. The zero-order valence-electron chi connectivity index (χ0n) is 8.27. The van der Waals surface area contributed by atoms with Crippen LogP contribution in [-0.2, 0) is 9.63 Å². The van der Waals surface area contributed by atoms with Crippen molar-refractivity contribution in [1.82, 2.24) is 20.7 Å². The molecule has 2 rings (SSSR count). The lowest BCUT2D eigenvalue weighted by Gasteiger charge is -1.99. The number of carbonyl (C=O) groups excluding carboxylic acids is 1. The van der Waals surface area contributed by atoms with Crippen molar-refractivity contribution in [2.75, 3.05) is 6.61 Å². The van der Waals surface area contributed by atoms with Crippen LogP contribution >= 0.6 is 0 Å². The Bertz CT molecular complexity index is 412. The fourth-order valence-electron chi connectivity index (χ4n) is 1.12. The number of rotatable bonds is 5. The molecule has 0 radical (unpaired) electrons. The third-order valence-corrected chi connectivity index (χ3v) is 2.03. The lowest BCUT2D eigenvalue weighted by Crippen LogP contribution is -2.27. The zero-order chi connectivity index (χ0) is 11.5. The Morgan fingerprint density at radius 1 is 1.56 bits per heavy atom. The Balaban J connectivity index is 1.85. The van der Waals surface area contributed by atoms with Crippen LogP contribution in [0.15, 0.2) is 0 Å². The van der Waals surface area contributed by atoms with Crippen molar-refractivity contribution < 1.29 is 19.5 Å². The van der Waals surface area contributed by atoms with Gasteiger partial charge < -0.3 is 5.11 Å². The number of carbonyl (C=O) groups is 2. The highest BCUT2D eigenvalue weighted by Gasteiger charge is 2.28. The van der Waals surface area contributed by atoms with E-state index in [1.54, 1.807) is 0 Å². The molecule has 0 aliphatic heterocycles. The van der Waals surface area contributed by atoms with E-state index in [1.165, 1.54) is 0 Å². The minimum absolute atomic E-state index is 0.0488. The minimum atomic E-state index is -1.17. The van der Waals surface area contributed by atoms with E-state index in [9.17, 15) is 9.59 Å². The van der Waals surface area contributed by atoms with Gasteiger partial charge in [-0.1, -0.05) is 0 Å². The van der Waals surface area contributed by atoms with Gasteiger partial charge in [0.15, 0.2) is 6.61 Å². The molecule has 1 fully saturated rings. The van der Waals surface area contributed by atoms with Crippen molar-refractivity contribution in [3.05, 3.63) is 11.6 Å². The number of amides is 1. The summed E-state index contributed by atoms with van der Waals surface area (Å²) in [7, 11) is 0. The van der Waals surface area contributed by atoms with Crippen molar-refractivity contribution in [3.63, 3.8) is 0 Å². The number of aromatic nitrogens is 3. The average Bonchev–Trinajstić information content (AvgIpc) is 2.96. The molecule has 1 aliphatic rings. The molecule has 0 bridgehead atoms. The Labute approximate surface area is 90.0 Å². The van der Waals surface area contributed by atoms with Gasteiger partial charge in [-0.05, 0) is 12.8 Å². The van der Waals surface area contributed by atoms with Crippen LogP contribution in [0.4, 0.5) is 0 Å². The third kappa shape index (κ3) is 2.54. The van der Waals surface area contributed by atoms with E-state index < -0.39 is 18.5 Å². The summed E-state index contributed by atoms with van der Waals surface area (Å²) >= 11 is 0. The van der Waals surface area contributed by atoms with Crippen LogP contribution in [0.25, 0.3) is 0 Å². The van der Waals surface area contributed by atoms with E-state index in [4.69, 9.17) is 5.11 Å². The van der Waals surface area contributed by atoms with Crippen molar-refractivity contribution in [1.29, 1.82) is 0 Å². The smallest absolute Gasteiger partial charge is 0.332 e. The van der Waals surface area contributed by atoms with E-state index in [1.807, 2.05) is 5.48 Å². The zero-order valence-corrected chi connectivity index (χ0v) is 8.27. The van der Waals surface area contributed by atoms with Crippen LogP contribution in [0.5, 0.6) is 0 Å². The summed E-state index contributed by atoms with van der Waals surface area (Å²) in [4.78, 5) is 29.8. The number of aliphatic carboxylic acids is 1. The molecule has 0 spiro atoms. The second kappa shape index (κ2) is 4.27. The number of hydrogen-bond donors (Lipinski definition) is 3. The molecule has 0 atom stereocenters. The largest absolute Gasteiger partial charge is 0.479 e. The van der Waals surface area contributed by atoms with E-state index in [0.717, 1.165) is 12.8 Å². The van der Waals surface area contributed by atoms with Crippen molar-refractivity contribution >= 4 is 11.9 Å². The second-order valence-corrected chi connectivity index (χ2v) is 3.43. The molecule has 1 aliphatic carbocycles. The third-order valence-electron chi connectivity index (χ3n) is 2.03. The maximum absolute atomic E-state index is 11.3. The van der Waals surface area contributed by atoms with Gasteiger partial charge in [-0.2, -0.15) is 0 Å². The van der Waals surface area contributed by atoms with Crippen LogP contribution in [0.2, 0.25) is 0 Å². The van der Waals surface area contributed by atoms with E-state index in [2.05, 4.69) is 20.0 Å². The molecule has 3 N–H and O–H groups in total. The highest BCUT2D eigenvalue weighted by molar-refractivity contribution is 5.89. The van der Waals surface area contributed by atoms with E-state index in [-0.39, 0.29) is 5.82 Å². The first-order valence-corrected chi connectivity index (χ1v) is 4.73. The molecule has 8 nitrogen and oxygen atoms in total. The monoisotopic (exact) mass is 226 g/mol. The number of nitrogens with zero attached hydrogens (tertiary/aromatic N) is 2. The van der Waals surface area contributed by atoms with Gasteiger partial charge >= 0.3 is 11.9 Å². The molecule has 8 heteroatoms. The Morgan fingerprint density at radius 2 is 2.31 bits per heavy atom. The predicted octanol–water partition coefficient (Wildman–Crippen LogP) is -0.572. The normalized spacial score (nSPS) is 14.8. The summed E-state index contributed by atoms with van der Waals surface area (Å²) in [6.07, 6.45) is 2.09. The number of hydroxylamine groups is 1. The maximum Gasteiger partial charge on any atom is 0.332 e. The molecule has 1 aromatic heterocycles. The van der Waals surface area contributed by atoms with Crippen LogP contribution in [0.3, 0.4) is 0 Å². The number of carboxylic acids is 1. The molecule has 0 saturated heterocycles. The standard InChI is InChI=1S/C8H10N4O4/c13-5(14)3-16-12-8(15)7-9-6(10-11-7)4-1-2-4/h4H,1-3H2,(H,12,15)(H,13,14)(H,9,10,11). The predicted molar refractivity (Wildman–Crippen MR) is 49.4 cm³/mol. The first-order chi connectivity index (χ1) is 7.66. The van der Waals surface area contributed by atoms with Crippen molar-refractivity contribution in [3.8, 4) is 0 Å². The van der Waals surface area contributed by atoms with Gasteiger partial charge in [0.25, 0.3) is 0 Å². The minimum Gasteiger partial charge on any atom is -0.479 e. The molecule has 1 aromatic rings. The van der Waals surface area contributed by atoms with Gasteiger partial charge in [-0.15, -0.1) is 5.10 Å². The van der Waals surface area contributed by atoms with Crippen LogP contribution in [-0.4, -0.2) is 38.8 Å². The number of carboxylic acid groups (broad SMARTS) is 1. The average molecular weight is 226 g/mol. The van der Waals surface area contributed by atoms with Crippen LogP contribution in [0.1, 0.15) is 35.2 Å². The molecular formula is C8H10N4O4. The summed E-state index contributed by atoms with van der Waals surface area (Å²) in [5.74, 6) is -0.831. The SMILES string of the molecule is O=C(O)CONC(=O)c1n[nH]c(C2CC2)n1. The molecule has 1 heterocycles. The van der Waals surface area contributed by atoms with Gasteiger partial charge in [0.05, 0.1) is 0 Å². The molecular weight excluding hydrogens is 216 g/mol. The summed E-state index contributed by atoms with van der Waals surface area (Å²) in [6.45, 7) is -0.606. The van der Waals surface area contributed by atoms with Crippen LogP contribution < -0.4 is 5.48 Å². The first-order valence-electron chi connectivity index (χ1n) is 4.73. The van der Waals surface area contributed by atoms with E-state index >= 15 is 0 Å². The number of aromatic amines is 1.